The summed E-state index contributed by atoms with van der Waals surface area (Å²) < 4.78 is 17.7. The van der Waals surface area contributed by atoms with E-state index in [9.17, 15) is 0 Å². The molecule has 4 nitrogen and oxygen atoms in total. The highest BCUT2D eigenvalue weighted by Crippen LogP contribution is 2.44. The van der Waals surface area contributed by atoms with Crippen LogP contribution in [0.5, 0.6) is 0 Å². The minimum atomic E-state index is -3.18. The predicted molar refractivity (Wildman–Crippen MR) is 188 cm³/mol. The summed E-state index contributed by atoms with van der Waals surface area (Å²) in [4.78, 5) is 9.84. The van der Waals surface area contributed by atoms with Gasteiger partial charge in [0.2, 0.25) is 0 Å². The number of benzene rings is 6. The van der Waals surface area contributed by atoms with E-state index in [4.69, 9.17) is 4.98 Å². The third-order valence-electron chi connectivity index (χ3n) is 8.88. The molecule has 0 aliphatic rings. The van der Waals surface area contributed by atoms with Crippen LogP contribution in [0, 0.1) is 0 Å². The fraction of sp³-hybridized carbons (Fsp3) is 0. The van der Waals surface area contributed by atoms with Gasteiger partial charge in [-0.3, -0.25) is 9.38 Å². The summed E-state index contributed by atoms with van der Waals surface area (Å²) in [6.07, 6.45) is 1.82. The summed E-state index contributed by atoms with van der Waals surface area (Å²) in [6.45, 7) is 0. The first-order valence-corrected chi connectivity index (χ1v) is 16.7. The van der Waals surface area contributed by atoms with Gasteiger partial charge in [0.1, 0.15) is 5.65 Å². The lowest BCUT2D eigenvalue weighted by molar-refractivity contribution is 0.592. The third-order valence-corrected chi connectivity index (χ3v) is 11.9. The molecule has 0 N–H and O–H groups in total. The van der Waals surface area contributed by atoms with Crippen LogP contribution < -0.4 is 15.9 Å². The summed E-state index contributed by atoms with van der Waals surface area (Å²) in [5.74, 6) is 0. The molecule has 5 heteroatoms. The van der Waals surface area contributed by atoms with Crippen molar-refractivity contribution in [2.24, 2.45) is 0 Å². The highest BCUT2D eigenvalue weighted by molar-refractivity contribution is 7.85. The van der Waals surface area contributed by atoms with Crippen molar-refractivity contribution in [1.82, 2.24) is 14.4 Å². The van der Waals surface area contributed by atoms with Gasteiger partial charge in [0, 0.05) is 38.4 Å². The zero-order valence-electron chi connectivity index (χ0n) is 24.2. The molecule has 0 amide bonds. The maximum Gasteiger partial charge on any atom is 0.171 e. The number of aromatic nitrogens is 3. The van der Waals surface area contributed by atoms with Crippen LogP contribution in [0.3, 0.4) is 0 Å². The fourth-order valence-corrected chi connectivity index (χ4v) is 9.44. The molecule has 3 heterocycles. The molecule has 0 radical (unpaired) electrons. The van der Waals surface area contributed by atoms with Crippen molar-refractivity contribution in [3.63, 3.8) is 0 Å². The first-order valence-electron chi connectivity index (χ1n) is 15.0. The van der Waals surface area contributed by atoms with Gasteiger partial charge in [-0.25, -0.2) is 4.98 Å². The van der Waals surface area contributed by atoms with Crippen molar-refractivity contribution in [3.8, 4) is 11.3 Å². The average molecular weight is 596 g/mol. The Balaban J connectivity index is 1.44. The topological polar surface area (TPSA) is 47.3 Å². The Morgan fingerprint density at radius 3 is 2.02 bits per heavy atom. The van der Waals surface area contributed by atoms with Crippen molar-refractivity contribution >= 4 is 72.2 Å². The van der Waals surface area contributed by atoms with Gasteiger partial charge in [0.15, 0.2) is 7.14 Å². The van der Waals surface area contributed by atoms with Crippen molar-refractivity contribution in [2.75, 3.05) is 0 Å². The third kappa shape index (κ3) is 3.90. The Labute approximate surface area is 259 Å². The molecule has 212 valence electrons. The van der Waals surface area contributed by atoms with E-state index in [1.54, 1.807) is 0 Å². The normalized spacial score (nSPS) is 12.1. The Bertz CT molecular complexity index is 2570. The lowest BCUT2D eigenvalue weighted by Crippen LogP contribution is -2.25. The second-order valence-electron chi connectivity index (χ2n) is 11.4. The van der Waals surface area contributed by atoms with Gasteiger partial charge in [0.05, 0.1) is 22.2 Å². The highest BCUT2D eigenvalue weighted by Gasteiger charge is 2.30. The van der Waals surface area contributed by atoms with E-state index in [0.717, 1.165) is 76.3 Å². The Hall–Kier alpha value is -5.57. The number of rotatable bonds is 4. The Morgan fingerprint density at radius 2 is 1.27 bits per heavy atom. The Morgan fingerprint density at radius 1 is 0.533 bits per heavy atom. The summed E-state index contributed by atoms with van der Waals surface area (Å²) >= 11 is 0. The predicted octanol–water partition coefficient (Wildman–Crippen LogP) is 8.65. The SMILES string of the molecule is O=P(c1ccccc1)(c1ccccc1)c1ccc2c(c1)c1ccc3ccccc3c1c1nc3ccc(-c4ccccn4)cc3n21. The number of fused-ring (bicyclic) bond motifs is 10. The van der Waals surface area contributed by atoms with E-state index >= 15 is 4.57 Å². The number of nitrogens with zero attached hydrogens (tertiary/aromatic N) is 3. The molecule has 0 fully saturated rings. The molecule has 0 unspecified atom stereocenters. The van der Waals surface area contributed by atoms with Crippen LogP contribution in [0.1, 0.15) is 0 Å². The maximum atomic E-state index is 15.4. The van der Waals surface area contributed by atoms with Crippen LogP contribution in [0.4, 0.5) is 0 Å². The second kappa shape index (κ2) is 9.99. The van der Waals surface area contributed by atoms with Crippen molar-refractivity contribution < 1.29 is 4.57 Å². The molecule has 0 aliphatic carbocycles. The molecule has 9 rings (SSSR count). The van der Waals surface area contributed by atoms with Crippen molar-refractivity contribution in [1.29, 1.82) is 0 Å². The van der Waals surface area contributed by atoms with E-state index in [1.165, 1.54) is 0 Å². The molecule has 0 atom stereocenters. The van der Waals surface area contributed by atoms with Crippen molar-refractivity contribution in [3.05, 3.63) is 158 Å². The molecule has 0 spiro atoms. The lowest BCUT2D eigenvalue weighted by atomic mass is 9.99. The molecule has 0 bridgehead atoms. The van der Waals surface area contributed by atoms with Gasteiger partial charge in [-0.2, -0.15) is 0 Å². The first-order chi connectivity index (χ1) is 22.2. The largest absolute Gasteiger partial charge is 0.309 e. The highest BCUT2D eigenvalue weighted by atomic mass is 31.2. The van der Waals surface area contributed by atoms with Gasteiger partial charge >= 0.3 is 0 Å². The number of hydrogen-bond donors (Lipinski definition) is 0. The van der Waals surface area contributed by atoms with Gasteiger partial charge in [-0.05, 0) is 58.6 Å². The van der Waals surface area contributed by atoms with Crippen LogP contribution in [-0.2, 0) is 4.57 Å². The van der Waals surface area contributed by atoms with E-state index in [0.29, 0.717) is 0 Å². The molecule has 6 aromatic carbocycles. The number of imidazole rings is 1. The zero-order valence-corrected chi connectivity index (χ0v) is 25.1. The molecule has 0 saturated heterocycles. The molecule has 3 aromatic heterocycles. The molecule has 0 aliphatic heterocycles. The Kier molecular flexibility index (Phi) is 5.74. The first kappa shape index (κ1) is 25.9. The van der Waals surface area contributed by atoms with Crippen LogP contribution in [0.25, 0.3) is 60.4 Å². The molecule has 0 saturated carbocycles. The standard InChI is InChI=1S/C40H26N3OP/c44-45(29-12-3-1-4-13-29,30-14-5-2-6-15-30)31-20-23-37-34(26-31)33-21-18-27-11-7-8-16-32(27)39(33)40-42-36-22-19-28(25-38(36)43(37)40)35-17-9-10-24-41-35/h1-26H. The molecular weight excluding hydrogens is 569 g/mol. The summed E-state index contributed by atoms with van der Waals surface area (Å²) in [5.41, 5.74) is 5.80. The monoisotopic (exact) mass is 595 g/mol. The average Bonchev–Trinajstić information content (AvgIpc) is 3.51. The maximum absolute atomic E-state index is 15.4. The second-order valence-corrected chi connectivity index (χ2v) is 14.1. The van der Waals surface area contributed by atoms with E-state index < -0.39 is 7.14 Å². The van der Waals surface area contributed by atoms with Crippen LogP contribution >= 0.6 is 7.14 Å². The van der Waals surface area contributed by atoms with Gasteiger partial charge in [-0.1, -0.05) is 109 Å². The van der Waals surface area contributed by atoms with E-state index in [2.05, 4.69) is 76.1 Å². The number of hydrogen-bond acceptors (Lipinski definition) is 3. The van der Waals surface area contributed by atoms with Gasteiger partial charge < -0.3 is 4.57 Å². The van der Waals surface area contributed by atoms with E-state index in [-0.39, 0.29) is 0 Å². The van der Waals surface area contributed by atoms with Gasteiger partial charge in [0.25, 0.3) is 0 Å². The summed E-state index contributed by atoms with van der Waals surface area (Å²) in [6, 6.07) is 51.2. The smallest absolute Gasteiger partial charge is 0.171 e. The quantitative estimate of drug-likeness (QED) is 0.151. The van der Waals surface area contributed by atoms with Gasteiger partial charge in [-0.15, -0.1) is 0 Å². The van der Waals surface area contributed by atoms with Crippen LogP contribution in [0.15, 0.2) is 158 Å². The minimum absolute atomic E-state index is 0.805. The number of pyridine rings is 2. The lowest BCUT2D eigenvalue weighted by Gasteiger charge is -2.21. The summed E-state index contributed by atoms with van der Waals surface area (Å²) in [7, 11) is -3.18. The molecule has 45 heavy (non-hydrogen) atoms. The minimum Gasteiger partial charge on any atom is -0.309 e. The molecular formula is C40H26N3OP. The van der Waals surface area contributed by atoms with Crippen molar-refractivity contribution in [2.45, 2.75) is 0 Å². The fourth-order valence-electron chi connectivity index (χ4n) is 6.77. The zero-order chi connectivity index (χ0) is 30.0. The molecule has 9 aromatic rings. The van der Waals surface area contributed by atoms with Crippen LogP contribution in [-0.4, -0.2) is 14.4 Å². The van der Waals surface area contributed by atoms with Crippen LogP contribution in [0.2, 0.25) is 0 Å². The van der Waals surface area contributed by atoms with E-state index in [1.807, 2.05) is 91.1 Å². The summed E-state index contributed by atoms with van der Waals surface area (Å²) in [5, 5.41) is 7.95.